The van der Waals surface area contributed by atoms with Gasteiger partial charge in [0.15, 0.2) is 0 Å². The number of rotatable bonds is 6. The third-order valence-electron chi connectivity index (χ3n) is 8.19. The summed E-state index contributed by atoms with van der Waals surface area (Å²) in [5, 5.41) is 10.7. The van der Waals surface area contributed by atoms with E-state index in [0.717, 1.165) is 54.5 Å². The number of aromatic nitrogens is 2. The van der Waals surface area contributed by atoms with E-state index in [9.17, 15) is 9.59 Å². The van der Waals surface area contributed by atoms with Crippen LogP contribution in [0.5, 0.6) is 0 Å². The first-order valence-corrected chi connectivity index (χ1v) is 13.8. The molecule has 39 heavy (non-hydrogen) atoms. The van der Waals surface area contributed by atoms with Crippen molar-refractivity contribution in [1.82, 2.24) is 20.0 Å². The fourth-order valence-corrected chi connectivity index (χ4v) is 5.67. The fourth-order valence-electron chi connectivity index (χ4n) is 5.67. The minimum Gasteiger partial charge on any atom is -0.352 e. The first-order chi connectivity index (χ1) is 18.9. The number of nitrogens with one attached hydrogen (secondary N) is 2. The first kappa shape index (κ1) is 25.6. The number of hydrogen-bond acceptors (Lipinski definition) is 5. The minimum atomic E-state index is -0.600. The van der Waals surface area contributed by atoms with Crippen LogP contribution >= 0.6 is 0 Å². The van der Waals surface area contributed by atoms with Crippen LogP contribution in [0.2, 0.25) is 0 Å². The van der Waals surface area contributed by atoms with Gasteiger partial charge in [-0.2, -0.15) is 5.10 Å². The first-order valence-electron chi connectivity index (χ1n) is 13.8. The lowest BCUT2D eigenvalue weighted by Gasteiger charge is -2.31. The smallest absolute Gasteiger partial charge is 0.261 e. The molecule has 8 nitrogen and oxygen atoms in total. The largest absolute Gasteiger partial charge is 0.352 e. The Morgan fingerprint density at radius 1 is 1.10 bits per heavy atom. The highest BCUT2D eigenvalue weighted by Crippen LogP contribution is 2.37. The number of aryl methyl sites for hydroxylation is 2. The molecule has 0 radical (unpaired) electrons. The molecule has 0 unspecified atom stereocenters. The van der Waals surface area contributed by atoms with Crippen LogP contribution in [0.15, 0.2) is 42.6 Å². The van der Waals surface area contributed by atoms with Crippen LogP contribution in [0.3, 0.4) is 0 Å². The number of amides is 2. The summed E-state index contributed by atoms with van der Waals surface area (Å²) in [6, 6.07) is 10.4. The molecule has 9 heteroatoms. The standard InChI is InChI=1S/C30H35FN6O2/c1-19-3-8-27-26(13-19)34-28-23(16-33-35(28)2)18-37(27)30(39)24-7-6-21(14-25(24)31)15-32-29(38)22-9-11-36(12-10-22)17-20-4-5-20/h3,6-8,13-14,16,20,22,34H,4-5,9-12,15,17-18H2,1-2H3,(H,32,38). The summed E-state index contributed by atoms with van der Waals surface area (Å²) in [6.07, 6.45) is 6.14. The average Bonchev–Trinajstić information content (AvgIpc) is 3.71. The van der Waals surface area contributed by atoms with Gasteiger partial charge in [0.25, 0.3) is 5.91 Å². The number of likely N-dealkylation sites (tertiary alicyclic amines) is 1. The highest BCUT2D eigenvalue weighted by molar-refractivity contribution is 6.08. The van der Waals surface area contributed by atoms with E-state index in [4.69, 9.17) is 0 Å². The van der Waals surface area contributed by atoms with Crippen LogP contribution in [0, 0.1) is 24.6 Å². The van der Waals surface area contributed by atoms with Crippen molar-refractivity contribution in [2.24, 2.45) is 18.9 Å². The number of fused-ring (bicyclic) bond motifs is 2. The molecule has 0 spiro atoms. The molecule has 2 aliphatic heterocycles. The number of hydrogen-bond donors (Lipinski definition) is 2. The molecule has 1 aromatic heterocycles. The Kier molecular flexibility index (Phi) is 6.85. The van der Waals surface area contributed by atoms with Gasteiger partial charge in [-0.3, -0.25) is 14.3 Å². The lowest BCUT2D eigenvalue weighted by Crippen LogP contribution is -2.41. The van der Waals surface area contributed by atoms with E-state index in [-0.39, 0.29) is 30.5 Å². The van der Waals surface area contributed by atoms with E-state index in [2.05, 4.69) is 20.6 Å². The lowest BCUT2D eigenvalue weighted by molar-refractivity contribution is -0.126. The third-order valence-corrected chi connectivity index (χ3v) is 8.19. The van der Waals surface area contributed by atoms with E-state index >= 15 is 4.39 Å². The maximum atomic E-state index is 15.3. The Hall–Kier alpha value is -3.72. The second kappa shape index (κ2) is 10.4. The maximum Gasteiger partial charge on any atom is 0.261 e. The topological polar surface area (TPSA) is 82.5 Å². The van der Waals surface area contributed by atoms with Crippen LogP contribution in [-0.4, -0.2) is 46.1 Å². The van der Waals surface area contributed by atoms with Gasteiger partial charge < -0.3 is 20.4 Å². The minimum absolute atomic E-state index is 0.00358. The number of benzene rings is 2. The SMILES string of the molecule is Cc1ccc2c(c1)Nc1c(cnn1C)CN2C(=O)c1ccc(CNC(=O)C2CCN(CC3CC3)CC2)cc1F. The van der Waals surface area contributed by atoms with Crippen LogP contribution < -0.4 is 15.5 Å². The fraction of sp³-hybridized carbons (Fsp3) is 0.433. The van der Waals surface area contributed by atoms with Crippen molar-refractivity contribution in [2.75, 3.05) is 29.9 Å². The van der Waals surface area contributed by atoms with Crippen molar-refractivity contribution in [3.63, 3.8) is 0 Å². The van der Waals surface area contributed by atoms with Gasteiger partial charge in [-0.05, 0) is 87.0 Å². The monoisotopic (exact) mass is 530 g/mol. The zero-order valence-electron chi connectivity index (χ0n) is 22.5. The zero-order valence-corrected chi connectivity index (χ0v) is 22.5. The summed E-state index contributed by atoms with van der Waals surface area (Å²) in [7, 11) is 1.84. The molecule has 3 heterocycles. The summed E-state index contributed by atoms with van der Waals surface area (Å²) in [5.41, 5.74) is 3.96. The second-order valence-corrected chi connectivity index (χ2v) is 11.2. The van der Waals surface area contributed by atoms with E-state index in [1.165, 1.54) is 31.5 Å². The molecule has 2 amide bonds. The molecule has 3 aromatic rings. The lowest BCUT2D eigenvalue weighted by atomic mass is 9.95. The van der Waals surface area contributed by atoms with E-state index in [1.807, 2.05) is 32.2 Å². The van der Waals surface area contributed by atoms with Crippen LogP contribution in [-0.2, 0) is 24.9 Å². The van der Waals surface area contributed by atoms with Crippen molar-refractivity contribution >= 4 is 29.0 Å². The highest BCUT2D eigenvalue weighted by Gasteiger charge is 2.30. The van der Waals surface area contributed by atoms with Crippen molar-refractivity contribution in [1.29, 1.82) is 0 Å². The molecular formula is C30H35FN6O2. The summed E-state index contributed by atoms with van der Waals surface area (Å²) in [5.74, 6) is 0.670. The van der Waals surface area contributed by atoms with Gasteiger partial charge in [0.2, 0.25) is 5.91 Å². The Balaban J connectivity index is 1.13. The maximum absolute atomic E-state index is 15.3. The number of halogens is 1. The second-order valence-electron chi connectivity index (χ2n) is 11.2. The average molecular weight is 531 g/mol. The van der Waals surface area contributed by atoms with Crippen molar-refractivity contribution in [2.45, 2.75) is 45.7 Å². The van der Waals surface area contributed by atoms with Gasteiger partial charge >= 0.3 is 0 Å². The van der Waals surface area contributed by atoms with Gasteiger partial charge in [0.1, 0.15) is 11.6 Å². The predicted octanol–water partition coefficient (Wildman–Crippen LogP) is 4.51. The van der Waals surface area contributed by atoms with E-state index in [0.29, 0.717) is 11.3 Å². The number of carbonyl (C=O) groups is 2. The van der Waals surface area contributed by atoms with Crippen LogP contribution in [0.25, 0.3) is 0 Å². The molecule has 0 bridgehead atoms. The van der Waals surface area contributed by atoms with E-state index < -0.39 is 11.7 Å². The molecule has 3 aliphatic rings. The van der Waals surface area contributed by atoms with Crippen LogP contribution in [0.4, 0.5) is 21.6 Å². The Bertz CT molecular complexity index is 1410. The number of anilines is 3. The van der Waals surface area contributed by atoms with Gasteiger partial charge in [0.05, 0.1) is 29.7 Å². The molecule has 204 valence electrons. The summed E-state index contributed by atoms with van der Waals surface area (Å²) < 4.78 is 17.1. The molecule has 1 saturated heterocycles. The van der Waals surface area contributed by atoms with Crippen molar-refractivity contribution < 1.29 is 14.0 Å². The number of piperidine rings is 1. The summed E-state index contributed by atoms with van der Waals surface area (Å²) >= 11 is 0. The van der Waals surface area contributed by atoms with Crippen molar-refractivity contribution in [3.05, 3.63) is 70.7 Å². The van der Waals surface area contributed by atoms with Gasteiger partial charge in [-0.15, -0.1) is 0 Å². The molecular weight excluding hydrogens is 495 g/mol. The van der Waals surface area contributed by atoms with Gasteiger partial charge in [0, 0.05) is 31.6 Å². The molecule has 6 rings (SSSR count). The Morgan fingerprint density at radius 2 is 1.90 bits per heavy atom. The molecule has 2 N–H and O–H groups in total. The molecule has 2 aromatic carbocycles. The predicted molar refractivity (Wildman–Crippen MR) is 148 cm³/mol. The summed E-state index contributed by atoms with van der Waals surface area (Å²) in [6.45, 7) is 5.59. The summed E-state index contributed by atoms with van der Waals surface area (Å²) in [4.78, 5) is 30.5. The highest BCUT2D eigenvalue weighted by atomic mass is 19.1. The number of carbonyl (C=O) groups excluding carboxylic acids is 2. The van der Waals surface area contributed by atoms with Gasteiger partial charge in [-0.25, -0.2) is 4.39 Å². The van der Waals surface area contributed by atoms with E-state index in [1.54, 1.807) is 21.8 Å². The molecule has 0 atom stereocenters. The molecule has 1 aliphatic carbocycles. The zero-order chi connectivity index (χ0) is 27.1. The Labute approximate surface area is 228 Å². The quantitative estimate of drug-likeness (QED) is 0.490. The molecule has 1 saturated carbocycles. The Morgan fingerprint density at radius 3 is 2.64 bits per heavy atom. The van der Waals surface area contributed by atoms with Gasteiger partial charge in [-0.1, -0.05) is 12.1 Å². The normalized spacial score (nSPS) is 17.7. The molecule has 2 fully saturated rings. The van der Waals surface area contributed by atoms with Crippen LogP contribution in [0.1, 0.15) is 52.7 Å². The van der Waals surface area contributed by atoms with Crippen molar-refractivity contribution in [3.8, 4) is 0 Å². The third kappa shape index (κ3) is 5.41. The number of nitrogens with zero attached hydrogens (tertiary/aromatic N) is 4.